The number of benzene rings is 1. The Hall–Kier alpha value is -2.57. The molecule has 0 radical (unpaired) electrons. The van der Waals surface area contributed by atoms with Crippen LogP contribution in [0.3, 0.4) is 0 Å². The zero-order valence-electron chi connectivity index (χ0n) is 12.0. The van der Waals surface area contributed by atoms with Gasteiger partial charge < -0.3 is 20.5 Å². The van der Waals surface area contributed by atoms with E-state index in [0.29, 0.717) is 24.3 Å². The lowest BCUT2D eigenvalue weighted by Gasteiger charge is -2.33. The van der Waals surface area contributed by atoms with Gasteiger partial charge in [-0.3, -0.25) is 9.59 Å². The molecule has 3 N–H and O–H groups in total. The van der Waals surface area contributed by atoms with Crippen molar-refractivity contribution in [2.24, 2.45) is 5.73 Å². The summed E-state index contributed by atoms with van der Waals surface area (Å²) in [7, 11) is 0. The molecule has 0 bridgehead atoms. The number of ether oxygens (including phenoxy) is 1. The fourth-order valence-corrected chi connectivity index (χ4v) is 2.45. The highest BCUT2D eigenvalue weighted by Crippen LogP contribution is 2.21. The molecule has 2 amide bonds. The predicted octanol–water partition coefficient (Wildman–Crippen LogP) is 0.630. The Kier molecular flexibility index (Phi) is 4.98. The second-order valence-corrected chi connectivity index (χ2v) is 5.13. The normalized spacial score (nSPS) is 17.8. The van der Waals surface area contributed by atoms with Crippen molar-refractivity contribution in [1.82, 2.24) is 4.90 Å². The van der Waals surface area contributed by atoms with Gasteiger partial charge in [0.15, 0.2) is 6.61 Å². The van der Waals surface area contributed by atoms with Crippen LogP contribution in [0.1, 0.15) is 29.6 Å². The third-order valence-corrected chi connectivity index (χ3v) is 3.53. The van der Waals surface area contributed by atoms with E-state index in [1.165, 1.54) is 4.90 Å². The molecule has 1 fully saturated rings. The number of nitrogens with two attached hydrogens (primary N) is 1. The topological polar surface area (TPSA) is 110 Å². The van der Waals surface area contributed by atoms with Gasteiger partial charge in [-0.05, 0) is 43.5 Å². The number of amides is 2. The number of carbonyl (C=O) groups is 3. The number of carbonyl (C=O) groups excluding carboxylic acids is 2. The maximum absolute atomic E-state index is 12.4. The molecule has 0 aromatic heterocycles. The van der Waals surface area contributed by atoms with Crippen LogP contribution in [0, 0.1) is 0 Å². The first-order valence-corrected chi connectivity index (χ1v) is 7.04. The lowest BCUT2D eigenvalue weighted by Crippen LogP contribution is -2.47. The number of likely N-dealkylation sites (tertiary alicyclic amines) is 1. The van der Waals surface area contributed by atoms with E-state index in [-0.39, 0.29) is 12.5 Å². The lowest BCUT2D eigenvalue weighted by atomic mass is 10.0. The summed E-state index contributed by atoms with van der Waals surface area (Å²) in [6.07, 6.45) is 2.08. The van der Waals surface area contributed by atoms with Crippen LogP contribution in [0.2, 0.25) is 0 Å². The van der Waals surface area contributed by atoms with Gasteiger partial charge in [-0.2, -0.15) is 0 Å². The summed E-state index contributed by atoms with van der Waals surface area (Å²) in [5, 5.41) is 9.21. The van der Waals surface area contributed by atoms with Crippen LogP contribution >= 0.6 is 0 Å². The number of hydrogen-bond acceptors (Lipinski definition) is 4. The van der Waals surface area contributed by atoms with Gasteiger partial charge in [0.05, 0.1) is 0 Å². The average molecular weight is 306 g/mol. The Morgan fingerprint density at radius 3 is 2.50 bits per heavy atom. The summed E-state index contributed by atoms with van der Waals surface area (Å²) < 4.78 is 5.11. The van der Waals surface area contributed by atoms with E-state index in [1.54, 1.807) is 24.3 Å². The molecule has 1 aromatic carbocycles. The van der Waals surface area contributed by atoms with Crippen molar-refractivity contribution in [2.45, 2.75) is 25.3 Å². The van der Waals surface area contributed by atoms with Crippen LogP contribution in [-0.2, 0) is 9.59 Å². The standard InChI is InChI=1S/C15H18N2O5/c16-13(18)9-22-11-6-4-10(5-7-11)14(19)17-8-2-1-3-12(17)15(20)21/h4-7,12H,1-3,8-9H2,(H2,16,18)(H,20,21). The SMILES string of the molecule is NC(=O)COc1ccc(C(=O)N2CCCCC2C(=O)O)cc1. The van der Waals surface area contributed by atoms with E-state index in [2.05, 4.69) is 0 Å². The predicted molar refractivity (Wildman–Crippen MR) is 77.4 cm³/mol. The van der Waals surface area contributed by atoms with Gasteiger partial charge in [-0.1, -0.05) is 0 Å². The van der Waals surface area contributed by atoms with E-state index < -0.39 is 17.9 Å². The molecule has 0 spiro atoms. The van der Waals surface area contributed by atoms with E-state index in [4.69, 9.17) is 10.5 Å². The third kappa shape index (κ3) is 3.75. The van der Waals surface area contributed by atoms with Crippen LogP contribution in [0.5, 0.6) is 5.75 Å². The smallest absolute Gasteiger partial charge is 0.326 e. The van der Waals surface area contributed by atoms with Crippen molar-refractivity contribution in [3.63, 3.8) is 0 Å². The van der Waals surface area contributed by atoms with Crippen molar-refractivity contribution in [3.8, 4) is 5.75 Å². The monoisotopic (exact) mass is 306 g/mol. The van der Waals surface area contributed by atoms with E-state index >= 15 is 0 Å². The van der Waals surface area contributed by atoms with E-state index in [9.17, 15) is 19.5 Å². The minimum Gasteiger partial charge on any atom is -0.484 e. The van der Waals surface area contributed by atoms with Crippen molar-refractivity contribution in [1.29, 1.82) is 0 Å². The minimum absolute atomic E-state index is 0.236. The van der Waals surface area contributed by atoms with Gasteiger partial charge in [0.25, 0.3) is 11.8 Å². The second-order valence-electron chi connectivity index (χ2n) is 5.13. The van der Waals surface area contributed by atoms with Crippen molar-refractivity contribution >= 4 is 17.8 Å². The highest BCUT2D eigenvalue weighted by atomic mass is 16.5. The quantitative estimate of drug-likeness (QED) is 0.829. The molecule has 118 valence electrons. The molecule has 7 heteroatoms. The molecule has 2 rings (SSSR count). The summed E-state index contributed by atoms with van der Waals surface area (Å²) in [6.45, 7) is 0.205. The fraction of sp³-hybridized carbons (Fsp3) is 0.400. The second kappa shape index (κ2) is 6.93. The lowest BCUT2D eigenvalue weighted by molar-refractivity contribution is -0.143. The number of rotatable bonds is 5. The average Bonchev–Trinajstić information content (AvgIpc) is 2.52. The molecule has 22 heavy (non-hydrogen) atoms. The Bertz CT molecular complexity index is 570. The first-order valence-electron chi connectivity index (χ1n) is 7.04. The molecule has 1 aliphatic rings. The zero-order valence-corrected chi connectivity index (χ0v) is 12.0. The number of aliphatic carboxylic acids is 1. The molecule has 7 nitrogen and oxygen atoms in total. The maximum atomic E-state index is 12.4. The van der Waals surface area contributed by atoms with Crippen LogP contribution < -0.4 is 10.5 Å². The number of carboxylic acid groups (broad SMARTS) is 1. The Labute approximate surface area is 127 Å². The van der Waals surface area contributed by atoms with Crippen LogP contribution in [0.15, 0.2) is 24.3 Å². The van der Waals surface area contributed by atoms with Crippen molar-refractivity contribution in [3.05, 3.63) is 29.8 Å². The Morgan fingerprint density at radius 2 is 1.91 bits per heavy atom. The van der Waals surface area contributed by atoms with Crippen molar-refractivity contribution < 1.29 is 24.2 Å². The number of nitrogens with zero attached hydrogens (tertiary/aromatic N) is 1. The first kappa shape index (κ1) is 15.8. The number of primary amides is 1. The fourth-order valence-electron chi connectivity index (χ4n) is 2.45. The largest absolute Gasteiger partial charge is 0.484 e. The van der Waals surface area contributed by atoms with Gasteiger partial charge in [0.2, 0.25) is 0 Å². The van der Waals surface area contributed by atoms with Gasteiger partial charge in [0, 0.05) is 12.1 Å². The molecular formula is C15H18N2O5. The van der Waals surface area contributed by atoms with E-state index in [0.717, 1.165) is 12.8 Å². The summed E-state index contributed by atoms with van der Waals surface area (Å²) in [5.41, 5.74) is 5.37. The number of piperidine rings is 1. The van der Waals surface area contributed by atoms with Gasteiger partial charge in [0.1, 0.15) is 11.8 Å². The highest BCUT2D eigenvalue weighted by molar-refractivity contribution is 5.96. The molecule has 1 aromatic rings. The molecule has 1 atom stereocenters. The summed E-state index contributed by atoms with van der Waals surface area (Å²) >= 11 is 0. The van der Waals surface area contributed by atoms with Crippen LogP contribution in [-0.4, -0.2) is 47.0 Å². The van der Waals surface area contributed by atoms with Crippen molar-refractivity contribution in [2.75, 3.05) is 13.2 Å². The number of carboxylic acids is 1. The summed E-state index contributed by atoms with van der Waals surface area (Å²) in [4.78, 5) is 35.7. The minimum atomic E-state index is -0.977. The molecule has 0 aliphatic carbocycles. The molecule has 0 saturated carbocycles. The van der Waals surface area contributed by atoms with Crippen LogP contribution in [0.25, 0.3) is 0 Å². The highest BCUT2D eigenvalue weighted by Gasteiger charge is 2.32. The van der Waals surface area contributed by atoms with Crippen LogP contribution in [0.4, 0.5) is 0 Å². The molecule has 1 heterocycles. The van der Waals surface area contributed by atoms with E-state index in [1.807, 2.05) is 0 Å². The molecule has 1 saturated heterocycles. The first-order chi connectivity index (χ1) is 10.5. The number of hydrogen-bond donors (Lipinski definition) is 2. The molecular weight excluding hydrogens is 288 g/mol. The van der Waals surface area contributed by atoms with Gasteiger partial charge in [-0.15, -0.1) is 0 Å². The molecule has 1 unspecified atom stereocenters. The Morgan fingerprint density at radius 1 is 1.23 bits per heavy atom. The summed E-state index contributed by atoms with van der Waals surface area (Å²) in [6, 6.07) is 5.43. The summed E-state index contributed by atoms with van der Waals surface area (Å²) in [5.74, 6) is -1.45. The maximum Gasteiger partial charge on any atom is 0.326 e. The Balaban J connectivity index is 2.08. The molecule has 1 aliphatic heterocycles. The zero-order chi connectivity index (χ0) is 16.1. The third-order valence-electron chi connectivity index (χ3n) is 3.53. The van der Waals surface area contributed by atoms with Gasteiger partial charge >= 0.3 is 5.97 Å². The van der Waals surface area contributed by atoms with Gasteiger partial charge in [-0.25, -0.2) is 4.79 Å².